The zero-order chi connectivity index (χ0) is 9.90. The zero-order valence-corrected chi connectivity index (χ0v) is 8.75. The van der Waals surface area contributed by atoms with Crippen LogP contribution in [0.2, 0.25) is 0 Å². The highest BCUT2D eigenvalue weighted by Crippen LogP contribution is 2.31. The third kappa shape index (κ3) is 2.33. The molecule has 1 aliphatic rings. The Morgan fingerprint density at radius 2 is 2.31 bits per heavy atom. The molecule has 1 rings (SSSR count). The summed E-state index contributed by atoms with van der Waals surface area (Å²) < 4.78 is 0. The SMILES string of the molecule is CN[C@@H](C)[C@](O)(Cl)C1C=CC=CC1. The summed E-state index contributed by atoms with van der Waals surface area (Å²) in [6, 6.07) is -0.129. The van der Waals surface area contributed by atoms with Crippen molar-refractivity contribution in [2.45, 2.75) is 24.4 Å². The van der Waals surface area contributed by atoms with Gasteiger partial charge in [-0.05, 0) is 20.4 Å². The van der Waals surface area contributed by atoms with E-state index in [1.807, 2.05) is 31.2 Å². The van der Waals surface area contributed by atoms with E-state index in [2.05, 4.69) is 5.32 Å². The largest absolute Gasteiger partial charge is 0.373 e. The van der Waals surface area contributed by atoms with Crippen molar-refractivity contribution in [3.63, 3.8) is 0 Å². The Bertz CT molecular complexity index is 223. The number of rotatable bonds is 3. The fourth-order valence-corrected chi connectivity index (χ4v) is 1.68. The first-order valence-corrected chi connectivity index (χ1v) is 4.88. The van der Waals surface area contributed by atoms with Gasteiger partial charge in [0.05, 0.1) is 0 Å². The highest BCUT2D eigenvalue weighted by molar-refractivity contribution is 6.23. The lowest BCUT2D eigenvalue weighted by atomic mass is 9.90. The van der Waals surface area contributed by atoms with Crippen molar-refractivity contribution in [3.8, 4) is 0 Å². The molecule has 0 fully saturated rings. The molecule has 1 unspecified atom stereocenters. The molecular formula is C10H16ClNO. The highest BCUT2D eigenvalue weighted by atomic mass is 35.5. The Balaban J connectivity index is 2.68. The van der Waals surface area contributed by atoms with Gasteiger partial charge in [0.2, 0.25) is 0 Å². The number of aliphatic hydroxyl groups is 1. The first-order chi connectivity index (χ1) is 6.09. The molecule has 0 spiro atoms. The number of allylic oxidation sites excluding steroid dienone is 3. The fraction of sp³-hybridized carbons (Fsp3) is 0.600. The predicted molar refractivity (Wildman–Crippen MR) is 55.7 cm³/mol. The lowest BCUT2D eigenvalue weighted by molar-refractivity contribution is 0.0533. The number of nitrogens with one attached hydrogen (secondary N) is 1. The number of halogens is 1. The van der Waals surface area contributed by atoms with Crippen LogP contribution in [0.5, 0.6) is 0 Å². The van der Waals surface area contributed by atoms with E-state index in [1.54, 1.807) is 7.05 Å². The molecule has 2 N–H and O–H groups in total. The van der Waals surface area contributed by atoms with Crippen molar-refractivity contribution in [2.24, 2.45) is 5.92 Å². The van der Waals surface area contributed by atoms with E-state index in [9.17, 15) is 5.11 Å². The van der Waals surface area contributed by atoms with Gasteiger partial charge in [-0.2, -0.15) is 0 Å². The summed E-state index contributed by atoms with van der Waals surface area (Å²) in [7, 11) is 1.79. The van der Waals surface area contributed by atoms with Crippen molar-refractivity contribution in [1.82, 2.24) is 5.32 Å². The number of hydrogen-bond acceptors (Lipinski definition) is 2. The molecule has 3 atom stereocenters. The van der Waals surface area contributed by atoms with Gasteiger partial charge in [-0.15, -0.1) is 0 Å². The number of hydrogen-bond donors (Lipinski definition) is 2. The van der Waals surface area contributed by atoms with Crippen LogP contribution in [0.1, 0.15) is 13.3 Å². The quantitative estimate of drug-likeness (QED) is 0.681. The lowest BCUT2D eigenvalue weighted by Gasteiger charge is -2.34. The van der Waals surface area contributed by atoms with Crippen LogP contribution < -0.4 is 5.32 Å². The molecule has 0 saturated carbocycles. The van der Waals surface area contributed by atoms with Crippen LogP contribution in [0.15, 0.2) is 24.3 Å². The molecule has 0 aromatic heterocycles. The van der Waals surface area contributed by atoms with Gasteiger partial charge < -0.3 is 10.4 Å². The molecule has 0 aromatic carbocycles. The molecule has 0 radical (unpaired) electrons. The maximum absolute atomic E-state index is 10.0. The van der Waals surface area contributed by atoms with Gasteiger partial charge >= 0.3 is 0 Å². The van der Waals surface area contributed by atoms with Crippen LogP contribution in [-0.4, -0.2) is 23.3 Å². The minimum Gasteiger partial charge on any atom is -0.373 e. The van der Waals surface area contributed by atoms with Gasteiger partial charge in [0.15, 0.2) is 5.06 Å². The Hall–Kier alpha value is -0.310. The molecule has 0 saturated heterocycles. The molecule has 0 bridgehead atoms. The smallest absolute Gasteiger partial charge is 0.159 e. The second-order valence-corrected chi connectivity index (χ2v) is 4.00. The summed E-state index contributed by atoms with van der Waals surface area (Å²) in [5.74, 6) is -0.0124. The van der Waals surface area contributed by atoms with Crippen LogP contribution in [0, 0.1) is 5.92 Å². The van der Waals surface area contributed by atoms with Crippen LogP contribution in [0.25, 0.3) is 0 Å². The van der Waals surface area contributed by atoms with Crippen LogP contribution in [0.3, 0.4) is 0 Å². The van der Waals surface area contributed by atoms with Crippen molar-refractivity contribution in [3.05, 3.63) is 24.3 Å². The molecule has 1 aliphatic carbocycles. The normalized spacial score (nSPS) is 28.5. The summed E-state index contributed by atoms with van der Waals surface area (Å²) in [5, 5.41) is 11.8. The minimum atomic E-state index is -1.20. The van der Waals surface area contributed by atoms with Gasteiger partial charge in [0.25, 0.3) is 0 Å². The Kier molecular flexibility index (Phi) is 3.54. The monoisotopic (exact) mass is 201 g/mol. The van der Waals surface area contributed by atoms with E-state index in [1.165, 1.54) is 0 Å². The van der Waals surface area contributed by atoms with Gasteiger partial charge in [-0.3, -0.25) is 0 Å². The van der Waals surface area contributed by atoms with Crippen molar-refractivity contribution in [2.75, 3.05) is 7.05 Å². The van der Waals surface area contributed by atoms with Crippen molar-refractivity contribution < 1.29 is 5.11 Å². The van der Waals surface area contributed by atoms with E-state index in [4.69, 9.17) is 11.6 Å². The molecule has 13 heavy (non-hydrogen) atoms. The lowest BCUT2D eigenvalue weighted by Crippen LogP contribution is -2.48. The van der Waals surface area contributed by atoms with E-state index in [-0.39, 0.29) is 12.0 Å². The van der Waals surface area contributed by atoms with E-state index in [0.29, 0.717) is 0 Å². The number of likely N-dealkylation sites (N-methyl/N-ethyl adjacent to an activating group) is 1. The maximum Gasteiger partial charge on any atom is 0.159 e. The standard InChI is InChI=1S/C10H16ClNO/c1-8(12-2)10(11,13)9-6-4-3-5-7-9/h3-6,8-9,12-13H,7H2,1-2H3/t8-,9?,10+/m0/s1. The topological polar surface area (TPSA) is 32.3 Å². The summed E-state index contributed by atoms with van der Waals surface area (Å²) >= 11 is 6.07. The average Bonchev–Trinajstić information content (AvgIpc) is 2.18. The first kappa shape index (κ1) is 10.8. The molecule has 74 valence electrons. The van der Waals surface area contributed by atoms with Gasteiger partial charge in [0.1, 0.15) is 0 Å². The molecular weight excluding hydrogens is 186 g/mol. The Morgan fingerprint density at radius 3 is 2.77 bits per heavy atom. The van der Waals surface area contributed by atoms with Gasteiger partial charge in [-0.1, -0.05) is 35.9 Å². The summed E-state index contributed by atoms with van der Waals surface area (Å²) in [4.78, 5) is 0. The molecule has 2 nitrogen and oxygen atoms in total. The summed E-state index contributed by atoms with van der Waals surface area (Å²) in [6.45, 7) is 1.87. The molecule has 0 aromatic rings. The van der Waals surface area contributed by atoms with Crippen LogP contribution in [-0.2, 0) is 0 Å². The second-order valence-electron chi connectivity index (χ2n) is 3.39. The highest BCUT2D eigenvalue weighted by Gasteiger charge is 2.37. The van der Waals surface area contributed by atoms with Crippen LogP contribution in [0.4, 0.5) is 0 Å². The minimum absolute atomic E-state index is 0.0124. The van der Waals surface area contributed by atoms with Crippen molar-refractivity contribution in [1.29, 1.82) is 0 Å². The van der Waals surface area contributed by atoms with E-state index in [0.717, 1.165) is 6.42 Å². The zero-order valence-electron chi connectivity index (χ0n) is 8.00. The molecule has 0 amide bonds. The predicted octanol–water partition coefficient (Wildman–Crippen LogP) is 1.65. The second kappa shape index (κ2) is 4.27. The third-order valence-corrected chi connectivity index (χ3v) is 3.15. The first-order valence-electron chi connectivity index (χ1n) is 4.51. The maximum atomic E-state index is 10.0. The summed E-state index contributed by atoms with van der Waals surface area (Å²) in [6.07, 6.45) is 8.64. The van der Waals surface area contributed by atoms with E-state index < -0.39 is 5.06 Å². The average molecular weight is 202 g/mol. The van der Waals surface area contributed by atoms with Crippen molar-refractivity contribution >= 4 is 11.6 Å². The van der Waals surface area contributed by atoms with Gasteiger partial charge in [0, 0.05) is 12.0 Å². The molecule has 3 heteroatoms. The Labute approximate surface area is 84.3 Å². The summed E-state index contributed by atoms with van der Waals surface area (Å²) in [5.41, 5.74) is 0. The number of alkyl halides is 1. The van der Waals surface area contributed by atoms with E-state index >= 15 is 0 Å². The molecule has 0 heterocycles. The van der Waals surface area contributed by atoms with Gasteiger partial charge in [-0.25, -0.2) is 0 Å². The fourth-order valence-electron chi connectivity index (χ4n) is 1.40. The third-order valence-electron chi connectivity index (χ3n) is 2.54. The molecule has 0 aliphatic heterocycles. The van der Waals surface area contributed by atoms with Crippen LogP contribution >= 0.6 is 11.6 Å². The Morgan fingerprint density at radius 1 is 1.62 bits per heavy atom.